The fourth-order valence-electron chi connectivity index (χ4n) is 9.15. The van der Waals surface area contributed by atoms with E-state index in [-0.39, 0.29) is 0 Å². The minimum Gasteiger partial charge on any atom is -0.192 e. The Hall–Kier alpha value is -7.78. The third-order valence-electron chi connectivity index (χ3n) is 11.6. The summed E-state index contributed by atoms with van der Waals surface area (Å²) >= 11 is 0. The highest BCUT2D eigenvalue weighted by Crippen LogP contribution is 2.59. The second kappa shape index (κ2) is 12.4. The molecule has 0 aliphatic heterocycles. The zero-order valence-corrected chi connectivity index (χ0v) is 30.2. The molecule has 0 spiro atoms. The lowest BCUT2D eigenvalue weighted by Crippen LogP contribution is -1.93. The Morgan fingerprint density at radius 3 is 1.11 bits per heavy atom. The smallest absolute Gasteiger partial charge is 0.0991 e. The number of nitriles is 2. The van der Waals surface area contributed by atoms with E-state index in [9.17, 15) is 10.5 Å². The summed E-state index contributed by atoms with van der Waals surface area (Å²) in [5.74, 6) is 0. The van der Waals surface area contributed by atoms with Gasteiger partial charge in [-0.2, -0.15) is 10.5 Å². The summed E-state index contributed by atoms with van der Waals surface area (Å²) in [6, 6.07) is 69.5. The summed E-state index contributed by atoms with van der Waals surface area (Å²) in [7, 11) is 0. The van der Waals surface area contributed by atoms with Crippen molar-refractivity contribution >= 4 is 43.1 Å². The number of nitrogens with zero attached hydrogens (tertiary/aromatic N) is 2. The molecule has 0 heterocycles. The first-order valence-corrected chi connectivity index (χ1v) is 18.9. The Kier molecular flexibility index (Phi) is 7.02. The van der Waals surface area contributed by atoms with Gasteiger partial charge in [-0.05, 0) is 146 Å². The summed E-state index contributed by atoms with van der Waals surface area (Å²) < 4.78 is 0. The number of rotatable bonds is 4. The van der Waals surface area contributed by atoms with Crippen molar-refractivity contribution < 1.29 is 0 Å². The zero-order chi connectivity index (χ0) is 37.3. The molecular formula is C54H30N2. The maximum absolute atomic E-state index is 9.59. The van der Waals surface area contributed by atoms with Crippen LogP contribution in [-0.4, -0.2) is 0 Å². The van der Waals surface area contributed by atoms with E-state index in [2.05, 4.69) is 170 Å². The highest BCUT2D eigenvalue weighted by molar-refractivity contribution is 6.30. The Morgan fingerprint density at radius 2 is 0.661 bits per heavy atom. The van der Waals surface area contributed by atoms with Crippen LogP contribution in [0.5, 0.6) is 0 Å². The first-order valence-electron chi connectivity index (χ1n) is 18.9. The lowest BCUT2D eigenvalue weighted by molar-refractivity contribution is 1.50. The van der Waals surface area contributed by atoms with Gasteiger partial charge in [0.1, 0.15) is 0 Å². The van der Waals surface area contributed by atoms with E-state index in [0.29, 0.717) is 11.1 Å². The maximum atomic E-state index is 9.59. The van der Waals surface area contributed by atoms with Gasteiger partial charge in [-0.3, -0.25) is 0 Å². The fourth-order valence-corrected chi connectivity index (χ4v) is 9.15. The molecule has 0 fully saturated rings. The fraction of sp³-hybridized carbons (Fsp3) is 0. The van der Waals surface area contributed by atoms with E-state index in [1.807, 2.05) is 24.3 Å². The first kappa shape index (κ1) is 31.7. The molecule has 0 saturated heterocycles. The summed E-state index contributed by atoms with van der Waals surface area (Å²) in [5, 5.41) is 28.4. The van der Waals surface area contributed by atoms with Gasteiger partial charge >= 0.3 is 0 Å². The average molecular weight is 707 g/mol. The second-order valence-electron chi connectivity index (χ2n) is 14.6. The topological polar surface area (TPSA) is 47.6 Å². The van der Waals surface area contributed by atoms with Crippen LogP contribution in [0.2, 0.25) is 0 Å². The quantitative estimate of drug-likeness (QED) is 0.183. The SMILES string of the molecule is N#Cc1ccc2cc(-c3ccc4c5c(ccc(-c6ccc7cc(C#N)ccc7c6)c35)-c3c-4c(-c4ccccc4)c4ccccc4c3-c3ccccc3)ccc2c1. The molecule has 56 heavy (non-hydrogen) atoms. The van der Waals surface area contributed by atoms with Gasteiger partial charge in [-0.15, -0.1) is 0 Å². The summed E-state index contributed by atoms with van der Waals surface area (Å²) in [4.78, 5) is 0. The maximum Gasteiger partial charge on any atom is 0.0991 e. The van der Waals surface area contributed by atoms with E-state index >= 15 is 0 Å². The van der Waals surface area contributed by atoms with Gasteiger partial charge in [0.2, 0.25) is 0 Å². The molecule has 0 N–H and O–H groups in total. The van der Waals surface area contributed by atoms with Crippen molar-refractivity contribution in [2.24, 2.45) is 0 Å². The van der Waals surface area contributed by atoms with Crippen LogP contribution in [0, 0.1) is 22.7 Å². The van der Waals surface area contributed by atoms with E-state index in [1.165, 1.54) is 66.1 Å². The van der Waals surface area contributed by atoms with Gasteiger partial charge in [0.15, 0.2) is 0 Å². The van der Waals surface area contributed by atoms with Gasteiger partial charge in [0.25, 0.3) is 0 Å². The summed E-state index contributed by atoms with van der Waals surface area (Å²) in [6.45, 7) is 0. The number of benzene rings is 10. The Morgan fingerprint density at radius 1 is 0.286 bits per heavy atom. The molecule has 0 atom stereocenters. The van der Waals surface area contributed by atoms with Crippen LogP contribution in [0.25, 0.3) is 110 Å². The molecule has 0 bridgehead atoms. The molecular weight excluding hydrogens is 677 g/mol. The molecule has 10 aromatic rings. The van der Waals surface area contributed by atoms with Crippen molar-refractivity contribution in [1.29, 1.82) is 10.5 Å². The molecule has 0 amide bonds. The van der Waals surface area contributed by atoms with Crippen molar-refractivity contribution in [2.75, 3.05) is 0 Å². The molecule has 2 nitrogen and oxygen atoms in total. The first-order chi connectivity index (χ1) is 27.7. The lowest BCUT2D eigenvalue weighted by Gasteiger charge is -2.20. The van der Waals surface area contributed by atoms with Crippen LogP contribution in [0.15, 0.2) is 182 Å². The van der Waals surface area contributed by atoms with Crippen LogP contribution >= 0.6 is 0 Å². The molecule has 0 radical (unpaired) electrons. The van der Waals surface area contributed by atoms with Gasteiger partial charge in [0, 0.05) is 0 Å². The largest absolute Gasteiger partial charge is 0.192 e. The third kappa shape index (κ3) is 4.74. The van der Waals surface area contributed by atoms with Gasteiger partial charge in [-0.25, -0.2) is 0 Å². The molecule has 256 valence electrons. The van der Waals surface area contributed by atoms with Crippen molar-refractivity contribution in [1.82, 2.24) is 0 Å². The molecule has 2 heteroatoms. The number of hydrogen-bond donors (Lipinski definition) is 0. The highest BCUT2D eigenvalue weighted by atomic mass is 14.3. The van der Waals surface area contributed by atoms with Crippen molar-refractivity contribution in [3.8, 4) is 78.9 Å². The summed E-state index contributed by atoms with van der Waals surface area (Å²) in [6.07, 6.45) is 0. The third-order valence-corrected chi connectivity index (χ3v) is 11.6. The van der Waals surface area contributed by atoms with Gasteiger partial charge in [-0.1, -0.05) is 146 Å². The van der Waals surface area contributed by atoms with Crippen LogP contribution < -0.4 is 0 Å². The lowest BCUT2D eigenvalue weighted by atomic mass is 9.82. The number of hydrogen-bond acceptors (Lipinski definition) is 2. The minimum absolute atomic E-state index is 0.657. The standard InChI is InChI=1S/C54H30N2/c55-31-33-15-17-39-29-41(21-19-37(39)27-33)43-23-25-47-52-48(26-24-44(51(43)52)42-22-20-38-28-34(32-56)16-18-40(38)30-42)54-50(36-11-5-2-6-12-36)46-14-8-7-13-45(46)49(53(47)54)35-9-3-1-4-10-35/h1-30H. The molecule has 1 aliphatic carbocycles. The van der Waals surface area contributed by atoms with Crippen LogP contribution in [-0.2, 0) is 0 Å². The Bertz CT molecular complexity index is 3140. The Balaban J connectivity index is 1.29. The molecule has 0 aromatic heterocycles. The van der Waals surface area contributed by atoms with E-state index < -0.39 is 0 Å². The van der Waals surface area contributed by atoms with Gasteiger partial charge < -0.3 is 0 Å². The normalized spacial score (nSPS) is 11.5. The number of fused-ring (bicyclic) bond motifs is 6. The molecule has 0 unspecified atom stereocenters. The Labute approximate surface area is 324 Å². The van der Waals surface area contributed by atoms with Crippen molar-refractivity contribution in [3.63, 3.8) is 0 Å². The van der Waals surface area contributed by atoms with E-state index in [0.717, 1.165) is 43.8 Å². The van der Waals surface area contributed by atoms with E-state index in [4.69, 9.17) is 0 Å². The zero-order valence-electron chi connectivity index (χ0n) is 30.2. The molecule has 11 rings (SSSR count). The van der Waals surface area contributed by atoms with Crippen LogP contribution in [0.3, 0.4) is 0 Å². The summed E-state index contributed by atoms with van der Waals surface area (Å²) in [5.41, 5.74) is 15.8. The minimum atomic E-state index is 0.657. The monoisotopic (exact) mass is 706 g/mol. The van der Waals surface area contributed by atoms with Crippen molar-refractivity contribution in [2.45, 2.75) is 0 Å². The second-order valence-corrected chi connectivity index (χ2v) is 14.6. The predicted octanol–water partition coefficient (Wildman–Crippen LogP) is 14.4. The molecule has 10 aromatic carbocycles. The van der Waals surface area contributed by atoms with Crippen LogP contribution in [0.4, 0.5) is 0 Å². The predicted molar refractivity (Wildman–Crippen MR) is 232 cm³/mol. The molecule has 1 aliphatic rings. The van der Waals surface area contributed by atoms with E-state index in [1.54, 1.807) is 0 Å². The van der Waals surface area contributed by atoms with Crippen LogP contribution in [0.1, 0.15) is 11.1 Å². The highest BCUT2D eigenvalue weighted by Gasteiger charge is 2.32. The van der Waals surface area contributed by atoms with Gasteiger partial charge in [0.05, 0.1) is 23.3 Å². The average Bonchev–Trinajstić information content (AvgIpc) is 3.59. The molecule has 0 saturated carbocycles. The van der Waals surface area contributed by atoms with Crippen molar-refractivity contribution in [3.05, 3.63) is 193 Å².